The summed E-state index contributed by atoms with van der Waals surface area (Å²) < 4.78 is 38.9. The highest BCUT2D eigenvalue weighted by molar-refractivity contribution is 5.74. The number of methoxy groups -OCH3 is 1. The highest BCUT2D eigenvalue weighted by atomic mass is 19.3. The van der Waals surface area contributed by atoms with Crippen molar-refractivity contribution in [3.05, 3.63) is 36.4 Å². The van der Waals surface area contributed by atoms with Crippen LogP contribution in [0.4, 0.5) is 14.5 Å². The summed E-state index contributed by atoms with van der Waals surface area (Å²) in [6, 6.07) is 5.32. The number of hydrogen-bond donors (Lipinski definition) is 1. The van der Waals surface area contributed by atoms with E-state index in [0.29, 0.717) is 11.4 Å². The maximum Gasteiger partial charge on any atom is 0.311 e. The van der Waals surface area contributed by atoms with Gasteiger partial charge in [-0.3, -0.25) is 4.79 Å². The lowest BCUT2D eigenvalue weighted by atomic mass is 9.91. The number of carbonyl (C=O) groups is 1. The summed E-state index contributed by atoms with van der Waals surface area (Å²) in [5.41, 5.74) is 0.506. The van der Waals surface area contributed by atoms with E-state index in [2.05, 4.69) is 5.32 Å². The number of esters is 1. The van der Waals surface area contributed by atoms with Crippen molar-refractivity contribution in [2.45, 2.75) is 31.7 Å². The molecule has 1 N–H and O–H groups in total. The lowest BCUT2D eigenvalue weighted by molar-refractivity contribution is -0.152. The summed E-state index contributed by atoms with van der Waals surface area (Å²) in [5.74, 6) is -3.97. The average molecular weight is 325 g/mol. The van der Waals surface area contributed by atoms with Crippen LogP contribution in [-0.2, 0) is 9.53 Å². The summed E-state index contributed by atoms with van der Waals surface area (Å²) in [5, 5.41) is 2.81. The van der Waals surface area contributed by atoms with Crippen molar-refractivity contribution in [1.29, 1.82) is 0 Å². The summed E-state index contributed by atoms with van der Waals surface area (Å²) in [6.07, 6.45) is 2.85. The van der Waals surface area contributed by atoms with Gasteiger partial charge in [0.15, 0.2) is 0 Å². The van der Waals surface area contributed by atoms with Gasteiger partial charge >= 0.3 is 5.97 Å². The van der Waals surface area contributed by atoms with E-state index in [0.717, 1.165) is 0 Å². The van der Waals surface area contributed by atoms with Gasteiger partial charge in [0, 0.05) is 12.1 Å². The molecule has 0 spiro atoms. The maximum atomic E-state index is 14.5. The van der Waals surface area contributed by atoms with E-state index in [1.54, 1.807) is 37.3 Å². The van der Waals surface area contributed by atoms with E-state index in [1.165, 1.54) is 13.2 Å². The van der Waals surface area contributed by atoms with Crippen molar-refractivity contribution in [3.8, 4) is 5.75 Å². The summed E-state index contributed by atoms with van der Waals surface area (Å²) in [7, 11) is 1.53. The number of ether oxygens (including phenoxy) is 2. The van der Waals surface area contributed by atoms with Gasteiger partial charge in [-0.05, 0) is 37.6 Å². The minimum Gasteiger partial charge on any atom is -0.497 e. The molecule has 1 aliphatic rings. The minimum absolute atomic E-state index is 0.167. The normalized spacial score (nSPS) is 23.0. The van der Waals surface area contributed by atoms with Crippen LogP contribution in [0.1, 0.15) is 19.8 Å². The van der Waals surface area contributed by atoms with Crippen molar-refractivity contribution in [1.82, 2.24) is 0 Å². The molecule has 4 nitrogen and oxygen atoms in total. The van der Waals surface area contributed by atoms with Crippen molar-refractivity contribution >= 4 is 11.7 Å². The minimum atomic E-state index is -3.05. The predicted octanol–water partition coefficient (Wildman–Crippen LogP) is 3.64. The average Bonchev–Trinajstić information content (AvgIpc) is 2.67. The van der Waals surface area contributed by atoms with E-state index in [-0.39, 0.29) is 13.0 Å². The van der Waals surface area contributed by atoms with E-state index in [9.17, 15) is 13.6 Å². The second kappa shape index (κ2) is 7.44. The van der Waals surface area contributed by atoms with Gasteiger partial charge in [0.1, 0.15) is 11.8 Å². The molecule has 1 aliphatic carbocycles. The van der Waals surface area contributed by atoms with Crippen molar-refractivity contribution < 1.29 is 23.0 Å². The number of carbonyl (C=O) groups excluding carboxylic acids is 1. The van der Waals surface area contributed by atoms with Crippen LogP contribution >= 0.6 is 0 Å². The molecule has 6 heteroatoms. The maximum absolute atomic E-state index is 14.5. The number of alkyl halides is 2. The first-order valence-corrected chi connectivity index (χ1v) is 7.58. The fraction of sp³-hybridized carbons (Fsp3) is 0.471. The van der Waals surface area contributed by atoms with Crippen LogP contribution in [0.3, 0.4) is 0 Å². The third-order valence-corrected chi connectivity index (χ3v) is 3.81. The first-order valence-electron chi connectivity index (χ1n) is 7.58. The second-order valence-corrected chi connectivity index (χ2v) is 5.38. The zero-order valence-electron chi connectivity index (χ0n) is 13.2. The molecule has 126 valence electrons. The molecule has 0 unspecified atom stereocenters. The van der Waals surface area contributed by atoms with Crippen LogP contribution in [0.25, 0.3) is 0 Å². The molecule has 1 aromatic carbocycles. The Kier molecular flexibility index (Phi) is 5.58. The summed E-state index contributed by atoms with van der Waals surface area (Å²) in [4.78, 5) is 12.1. The van der Waals surface area contributed by atoms with Crippen molar-refractivity contribution in [2.75, 3.05) is 19.0 Å². The van der Waals surface area contributed by atoms with E-state index < -0.39 is 30.3 Å². The number of rotatable bonds is 5. The standard InChI is InChI=1S/C17H21F2NO3/c1-3-23-16(21)14-6-4-5-11-17(18,19)15(14)20-12-7-9-13(22-2)10-8-12/h4-5,7-10,14-15,20H,3,6,11H2,1-2H3/t14-,15-/m0/s1. The molecule has 0 heterocycles. The van der Waals surface area contributed by atoms with Crippen LogP contribution in [0.5, 0.6) is 5.75 Å². The van der Waals surface area contributed by atoms with Gasteiger partial charge in [0.05, 0.1) is 19.6 Å². The van der Waals surface area contributed by atoms with E-state index >= 15 is 0 Å². The number of allylic oxidation sites excluding steroid dienone is 2. The largest absolute Gasteiger partial charge is 0.497 e. The molecule has 0 radical (unpaired) electrons. The molecule has 0 amide bonds. The van der Waals surface area contributed by atoms with Gasteiger partial charge in [0.2, 0.25) is 0 Å². The molecule has 2 atom stereocenters. The monoisotopic (exact) mass is 325 g/mol. The zero-order chi connectivity index (χ0) is 16.9. The molecule has 0 saturated carbocycles. The summed E-state index contributed by atoms with van der Waals surface area (Å²) in [6.45, 7) is 1.83. The molecular formula is C17H21F2NO3. The SMILES string of the molecule is CCOC(=O)[C@H]1CC=CCC(F)(F)[C@H]1Nc1ccc(OC)cc1. The summed E-state index contributed by atoms with van der Waals surface area (Å²) >= 11 is 0. The number of benzene rings is 1. The Morgan fingerprint density at radius 1 is 1.30 bits per heavy atom. The fourth-order valence-corrected chi connectivity index (χ4v) is 2.60. The highest BCUT2D eigenvalue weighted by Crippen LogP contribution is 2.36. The van der Waals surface area contributed by atoms with Crippen LogP contribution in [0.2, 0.25) is 0 Å². The van der Waals surface area contributed by atoms with Crippen LogP contribution in [0, 0.1) is 5.92 Å². The number of anilines is 1. The molecule has 2 rings (SSSR count). The van der Waals surface area contributed by atoms with Gasteiger partial charge in [-0.15, -0.1) is 0 Å². The van der Waals surface area contributed by atoms with Gasteiger partial charge < -0.3 is 14.8 Å². The van der Waals surface area contributed by atoms with E-state index in [4.69, 9.17) is 9.47 Å². The molecule has 0 saturated heterocycles. The van der Waals surface area contributed by atoms with Crippen molar-refractivity contribution in [2.24, 2.45) is 5.92 Å². The zero-order valence-corrected chi connectivity index (χ0v) is 13.2. The lowest BCUT2D eigenvalue weighted by Crippen LogP contribution is -2.47. The fourth-order valence-electron chi connectivity index (χ4n) is 2.60. The van der Waals surface area contributed by atoms with Crippen LogP contribution in [-0.4, -0.2) is 31.7 Å². The topological polar surface area (TPSA) is 47.6 Å². The Bertz CT molecular complexity index is 557. The van der Waals surface area contributed by atoms with Gasteiger partial charge in [0.25, 0.3) is 5.92 Å². The quantitative estimate of drug-likeness (QED) is 0.663. The Labute approximate surface area is 134 Å². The molecular weight excluding hydrogens is 304 g/mol. The number of nitrogens with one attached hydrogen (secondary N) is 1. The Hall–Kier alpha value is -2.11. The second-order valence-electron chi connectivity index (χ2n) is 5.38. The van der Waals surface area contributed by atoms with Gasteiger partial charge in [-0.2, -0.15) is 0 Å². The first-order chi connectivity index (χ1) is 11.0. The first kappa shape index (κ1) is 17.2. The molecule has 23 heavy (non-hydrogen) atoms. The molecule has 0 fully saturated rings. The van der Waals surface area contributed by atoms with Gasteiger partial charge in [-0.25, -0.2) is 8.78 Å². The molecule has 1 aromatic rings. The van der Waals surface area contributed by atoms with Crippen molar-refractivity contribution in [3.63, 3.8) is 0 Å². The van der Waals surface area contributed by atoms with Crippen LogP contribution < -0.4 is 10.1 Å². The molecule has 0 aliphatic heterocycles. The molecule has 0 aromatic heterocycles. The third-order valence-electron chi connectivity index (χ3n) is 3.81. The Morgan fingerprint density at radius 2 is 2.00 bits per heavy atom. The smallest absolute Gasteiger partial charge is 0.311 e. The Morgan fingerprint density at radius 3 is 2.61 bits per heavy atom. The highest BCUT2D eigenvalue weighted by Gasteiger charge is 2.47. The Balaban J connectivity index is 2.25. The van der Waals surface area contributed by atoms with E-state index in [1.807, 2.05) is 0 Å². The predicted molar refractivity (Wildman–Crippen MR) is 83.8 cm³/mol. The third kappa shape index (κ3) is 4.21. The molecule has 0 bridgehead atoms. The van der Waals surface area contributed by atoms with Crippen LogP contribution in [0.15, 0.2) is 36.4 Å². The lowest BCUT2D eigenvalue weighted by Gasteiger charge is -2.31. The van der Waals surface area contributed by atoms with Gasteiger partial charge in [-0.1, -0.05) is 12.2 Å². The number of halogens is 2. The number of hydrogen-bond acceptors (Lipinski definition) is 4.